The van der Waals surface area contributed by atoms with E-state index < -0.39 is 6.10 Å². The SMILES string of the molecule is Cc1ccccc1CC(O)c1cccc(C)c1Br. The highest BCUT2D eigenvalue weighted by atomic mass is 79.9. The van der Waals surface area contributed by atoms with E-state index in [-0.39, 0.29) is 0 Å². The molecule has 0 fully saturated rings. The van der Waals surface area contributed by atoms with Crippen LogP contribution in [0.3, 0.4) is 0 Å². The van der Waals surface area contributed by atoms with Gasteiger partial charge < -0.3 is 5.11 Å². The number of halogens is 1. The molecule has 0 aromatic heterocycles. The van der Waals surface area contributed by atoms with Crippen LogP contribution < -0.4 is 0 Å². The van der Waals surface area contributed by atoms with Gasteiger partial charge in [0.2, 0.25) is 0 Å². The highest BCUT2D eigenvalue weighted by Gasteiger charge is 2.13. The third kappa shape index (κ3) is 2.82. The molecular formula is C16H17BrO. The molecule has 0 heterocycles. The van der Waals surface area contributed by atoms with Crippen molar-refractivity contribution in [2.45, 2.75) is 26.4 Å². The zero-order chi connectivity index (χ0) is 13.1. The van der Waals surface area contributed by atoms with E-state index in [9.17, 15) is 5.11 Å². The molecule has 0 saturated heterocycles. The number of benzene rings is 2. The van der Waals surface area contributed by atoms with Crippen LogP contribution in [-0.4, -0.2) is 5.11 Å². The lowest BCUT2D eigenvalue weighted by Crippen LogP contribution is -2.04. The van der Waals surface area contributed by atoms with E-state index in [0.29, 0.717) is 6.42 Å². The Morgan fingerprint density at radius 1 is 1.00 bits per heavy atom. The highest BCUT2D eigenvalue weighted by Crippen LogP contribution is 2.29. The molecule has 0 amide bonds. The van der Waals surface area contributed by atoms with Gasteiger partial charge in [-0.05, 0) is 36.1 Å². The van der Waals surface area contributed by atoms with Gasteiger partial charge in [0.15, 0.2) is 0 Å². The Bertz CT molecular complexity index is 549. The molecule has 0 spiro atoms. The summed E-state index contributed by atoms with van der Waals surface area (Å²) in [6, 6.07) is 14.2. The van der Waals surface area contributed by atoms with Crippen LogP contribution in [-0.2, 0) is 6.42 Å². The van der Waals surface area contributed by atoms with E-state index in [1.807, 2.05) is 37.3 Å². The van der Waals surface area contributed by atoms with Gasteiger partial charge in [0.05, 0.1) is 6.10 Å². The fourth-order valence-corrected chi connectivity index (χ4v) is 2.61. The van der Waals surface area contributed by atoms with Crippen LogP contribution in [0.1, 0.15) is 28.4 Å². The number of aliphatic hydroxyl groups is 1. The van der Waals surface area contributed by atoms with Gasteiger partial charge in [-0.25, -0.2) is 0 Å². The summed E-state index contributed by atoms with van der Waals surface area (Å²) in [5.41, 5.74) is 4.52. The summed E-state index contributed by atoms with van der Waals surface area (Å²) < 4.78 is 1.01. The van der Waals surface area contributed by atoms with Gasteiger partial charge in [0.25, 0.3) is 0 Å². The Morgan fingerprint density at radius 3 is 2.39 bits per heavy atom. The van der Waals surface area contributed by atoms with Gasteiger partial charge in [-0.15, -0.1) is 0 Å². The van der Waals surface area contributed by atoms with Gasteiger partial charge in [-0.2, -0.15) is 0 Å². The lowest BCUT2D eigenvalue weighted by atomic mass is 9.97. The predicted molar refractivity (Wildman–Crippen MR) is 78.7 cm³/mol. The van der Waals surface area contributed by atoms with E-state index in [0.717, 1.165) is 15.6 Å². The van der Waals surface area contributed by atoms with Crippen LogP contribution in [0.2, 0.25) is 0 Å². The van der Waals surface area contributed by atoms with Crippen molar-refractivity contribution in [2.24, 2.45) is 0 Å². The van der Waals surface area contributed by atoms with Crippen molar-refractivity contribution in [3.63, 3.8) is 0 Å². The van der Waals surface area contributed by atoms with Crippen molar-refractivity contribution in [1.82, 2.24) is 0 Å². The standard InChI is InChI=1S/C16H17BrO/c1-11-6-3-4-8-13(11)10-15(18)14-9-5-7-12(2)16(14)17/h3-9,15,18H,10H2,1-2H3. The van der Waals surface area contributed by atoms with Crippen molar-refractivity contribution in [1.29, 1.82) is 0 Å². The number of aryl methyl sites for hydroxylation is 2. The van der Waals surface area contributed by atoms with E-state index in [1.165, 1.54) is 11.1 Å². The van der Waals surface area contributed by atoms with Crippen molar-refractivity contribution in [2.75, 3.05) is 0 Å². The van der Waals surface area contributed by atoms with Crippen molar-refractivity contribution >= 4 is 15.9 Å². The largest absolute Gasteiger partial charge is 0.388 e. The Hall–Kier alpha value is -1.12. The first-order valence-corrected chi connectivity index (χ1v) is 6.86. The molecule has 0 aliphatic rings. The van der Waals surface area contributed by atoms with E-state index in [2.05, 4.69) is 35.0 Å². The molecule has 2 aromatic rings. The molecule has 0 bridgehead atoms. The van der Waals surface area contributed by atoms with Gasteiger partial charge >= 0.3 is 0 Å². The molecule has 18 heavy (non-hydrogen) atoms. The molecule has 2 aromatic carbocycles. The van der Waals surface area contributed by atoms with Crippen molar-refractivity contribution in [3.05, 3.63) is 69.2 Å². The van der Waals surface area contributed by atoms with Gasteiger partial charge in [-0.1, -0.05) is 58.4 Å². The third-order valence-corrected chi connectivity index (χ3v) is 4.34. The normalized spacial score (nSPS) is 12.4. The first-order valence-electron chi connectivity index (χ1n) is 6.07. The Kier molecular flexibility index (Phi) is 4.20. The first kappa shape index (κ1) is 13.3. The molecule has 0 saturated carbocycles. The number of aliphatic hydroxyl groups excluding tert-OH is 1. The average Bonchev–Trinajstić information content (AvgIpc) is 2.35. The van der Waals surface area contributed by atoms with Crippen LogP contribution in [0.15, 0.2) is 46.9 Å². The molecule has 2 rings (SSSR count). The Morgan fingerprint density at radius 2 is 1.67 bits per heavy atom. The Labute approximate surface area is 117 Å². The summed E-state index contributed by atoms with van der Waals surface area (Å²) in [6.07, 6.45) is 0.176. The molecule has 1 unspecified atom stereocenters. The minimum absolute atomic E-state index is 0.472. The maximum atomic E-state index is 10.4. The summed E-state index contributed by atoms with van der Waals surface area (Å²) in [7, 11) is 0. The predicted octanol–water partition coefficient (Wildman–Crippen LogP) is 4.34. The van der Waals surface area contributed by atoms with Gasteiger partial charge in [0.1, 0.15) is 0 Å². The molecular weight excluding hydrogens is 288 g/mol. The van der Waals surface area contributed by atoms with Crippen LogP contribution in [0.5, 0.6) is 0 Å². The second kappa shape index (κ2) is 5.68. The smallest absolute Gasteiger partial charge is 0.0841 e. The van der Waals surface area contributed by atoms with Crippen LogP contribution >= 0.6 is 15.9 Å². The average molecular weight is 305 g/mol. The summed E-state index contributed by atoms with van der Waals surface area (Å²) in [5, 5.41) is 10.4. The quantitative estimate of drug-likeness (QED) is 0.894. The molecule has 0 aliphatic heterocycles. The fourth-order valence-electron chi connectivity index (χ4n) is 2.08. The molecule has 0 radical (unpaired) electrons. The number of rotatable bonds is 3. The van der Waals surface area contributed by atoms with Crippen molar-refractivity contribution in [3.8, 4) is 0 Å². The van der Waals surface area contributed by atoms with Crippen LogP contribution in [0.25, 0.3) is 0 Å². The Balaban J connectivity index is 2.25. The lowest BCUT2D eigenvalue weighted by Gasteiger charge is -2.15. The molecule has 1 N–H and O–H groups in total. The monoisotopic (exact) mass is 304 g/mol. The van der Waals surface area contributed by atoms with E-state index in [4.69, 9.17) is 0 Å². The van der Waals surface area contributed by atoms with Crippen LogP contribution in [0, 0.1) is 13.8 Å². The molecule has 2 heteroatoms. The van der Waals surface area contributed by atoms with Gasteiger partial charge in [-0.3, -0.25) is 0 Å². The zero-order valence-corrected chi connectivity index (χ0v) is 12.2. The number of hydrogen-bond acceptors (Lipinski definition) is 1. The fraction of sp³-hybridized carbons (Fsp3) is 0.250. The number of hydrogen-bond donors (Lipinski definition) is 1. The van der Waals surface area contributed by atoms with E-state index >= 15 is 0 Å². The third-order valence-electron chi connectivity index (χ3n) is 3.26. The minimum atomic E-state index is -0.472. The molecule has 1 nitrogen and oxygen atoms in total. The highest BCUT2D eigenvalue weighted by molar-refractivity contribution is 9.10. The molecule has 1 atom stereocenters. The van der Waals surface area contributed by atoms with Crippen molar-refractivity contribution < 1.29 is 5.11 Å². The molecule has 94 valence electrons. The topological polar surface area (TPSA) is 20.2 Å². The lowest BCUT2D eigenvalue weighted by molar-refractivity contribution is 0.177. The maximum absolute atomic E-state index is 10.4. The van der Waals surface area contributed by atoms with Crippen LogP contribution in [0.4, 0.5) is 0 Å². The maximum Gasteiger partial charge on any atom is 0.0841 e. The second-order valence-corrected chi connectivity index (χ2v) is 5.42. The first-order chi connectivity index (χ1) is 8.59. The summed E-state index contributed by atoms with van der Waals surface area (Å²) in [5.74, 6) is 0. The summed E-state index contributed by atoms with van der Waals surface area (Å²) in [6.45, 7) is 4.11. The van der Waals surface area contributed by atoms with Gasteiger partial charge in [0, 0.05) is 10.9 Å². The second-order valence-electron chi connectivity index (χ2n) is 4.62. The minimum Gasteiger partial charge on any atom is -0.388 e. The molecule has 0 aliphatic carbocycles. The zero-order valence-electron chi connectivity index (χ0n) is 10.7. The summed E-state index contributed by atoms with van der Waals surface area (Å²) in [4.78, 5) is 0. The summed E-state index contributed by atoms with van der Waals surface area (Å²) >= 11 is 3.55. The van der Waals surface area contributed by atoms with E-state index in [1.54, 1.807) is 0 Å².